The largest absolute Gasteiger partial charge is 0.316 e. The zero-order valence-electron chi connectivity index (χ0n) is 13.4. The third-order valence-electron chi connectivity index (χ3n) is 4.36. The van der Waals surface area contributed by atoms with Crippen LogP contribution in [0.5, 0.6) is 0 Å². The van der Waals surface area contributed by atoms with Crippen LogP contribution in [0.4, 0.5) is 0 Å². The van der Waals surface area contributed by atoms with Gasteiger partial charge in [-0.1, -0.05) is 34.6 Å². The Morgan fingerprint density at radius 1 is 1.22 bits per heavy atom. The molecule has 0 amide bonds. The molecule has 1 fully saturated rings. The standard InChI is InChI=1S/C16H34N2/c1-13(2)11-17-9-7-14(3)18-10-8-15(12-18)16(4,5)6/h13-15,17H,7-12H2,1-6H3. The monoisotopic (exact) mass is 254 g/mol. The van der Waals surface area contributed by atoms with Crippen LogP contribution in [0.15, 0.2) is 0 Å². The maximum absolute atomic E-state index is 3.55. The molecule has 0 saturated carbocycles. The zero-order valence-corrected chi connectivity index (χ0v) is 13.4. The lowest BCUT2D eigenvalue weighted by atomic mass is 9.80. The van der Waals surface area contributed by atoms with Gasteiger partial charge in [0.1, 0.15) is 0 Å². The topological polar surface area (TPSA) is 15.3 Å². The van der Waals surface area contributed by atoms with Gasteiger partial charge in [0.05, 0.1) is 0 Å². The summed E-state index contributed by atoms with van der Waals surface area (Å²) >= 11 is 0. The van der Waals surface area contributed by atoms with E-state index >= 15 is 0 Å². The Kier molecular flexibility index (Phi) is 6.13. The third-order valence-corrected chi connectivity index (χ3v) is 4.36. The van der Waals surface area contributed by atoms with Gasteiger partial charge < -0.3 is 10.2 Å². The first-order valence-corrected chi connectivity index (χ1v) is 7.75. The van der Waals surface area contributed by atoms with Crippen molar-refractivity contribution in [2.45, 2.75) is 60.4 Å². The predicted octanol–water partition coefficient (Wildman–Crippen LogP) is 3.38. The van der Waals surface area contributed by atoms with Gasteiger partial charge in [-0.15, -0.1) is 0 Å². The molecule has 1 N–H and O–H groups in total. The highest BCUT2D eigenvalue weighted by Crippen LogP contribution is 2.34. The maximum atomic E-state index is 3.55. The molecule has 2 heteroatoms. The Labute approximate surface area is 115 Å². The maximum Gasteiger partial charge on any atom is 0.00791 e. The lowest BCUT2D eigenvalue weighted by Gasteiger charge is -2.29. The van der Waals surface area contributed by atoms with Crippen LogP contribution in [0.1, 0.15) is 54.4 Å². The van der Waals surface area contributed by atoms with Gasteiger partial charge in [-0.05, 0) is 56.7 Å². The van der Waals surface area contributed by atoms with E-state index in [0.717, 1.165) is 31.0 Å². The van der Waals surface area contributed by atoms with E-state index < -0.39 is 0 Å². The number of rotatable bonds is 6. The van der Waals surface area contributed by atoms with Crippen molar-refractivity contribution in [3.05, 3.63) is 0 Å². The summed E-state index contributed by atoms with van der Waals surface area (Å²) in [4.78, 5) is 2.69. The molecular formula is C16H34N2. The molecule has 2 atom stereocenters. The van der Waals surface area contributed by atoms with E-state index in [1.54, 1.807) is 0 Å². The van der Waals surface area contributed by atoms with Crippen LogP contribution in [0.2, 0.25) is 0 Å². The number of hydrogen-bond donors (Lipinski definition) is 1. The van der Waals surface area contributed by atoms with E-state index in [4.69, 9.17) is 0 Å². The average molecular weight is 254 g/mol. The van der Waals surface area contributed by atoms with Gasteiger partial charge >= 0.3 is 0 Å². The summed E-state index contributed by atoms with van der Waals surface area (Å²) in [7, 11) is 0. The highest BCUT2D eigenvalue weighted by molar-refractivity contribution is 4.86. The van der Waals surface area contributed by atoms with Crippen molar-refractivity contribution in [3.8, 4) is 0 Å². The molecule has 0 aromatic heterocycles. The average Bonchev–Trinajstić information content (AvgIpc) is 2.72. The van der Waals surface area contributed by atoms with Crippen LogP contribution in [0, 0.1) is 17.3 Å². The highest BCUT2D eigenvalue weighted by Gasteiger charge is 2.33. The molecule has 1 heterocycles. The third kappa shape index (κ3) is 5.27. The summed E-state index contributed by atoms with van der Waals surface area (Å²) < 4.78 is 0. The quantitative estimate of drug-likeness (QED) is 0.731. The molecule has 0 aromatic rings. The molecule has 2 unspecified atom stereocenters. The van der Waals surface area contributed by atoms with Crippen LogP contribution >= 0.6 is 0 Å². The number of nitrogens with one attached hydrogen (secondary N) is 1. The van der Waals surface area contributed by atoms with Gasteiger partial charge in [0.15, 0.2) is 0 Å². The summed E-state index contributed by atoms with van der Waals surface area (Å²) in [6.45, 7) is 19.0. The Morgan fingerprint density at radius 2 is 1.89 bits per heavy atom. The second-order valence-corrected chi connectivity index (χ2v) is 7.58. The molecule has 108 valence electrons. The van der Waals surface area contributed by atoms with Crippen molar-refractivity contribution < 1.29 is 0 Å². The Bertz CT molecular complexity index is 230. The number of hydrogen-bond acceptors (Lipinski definition) is 2. The van der Waals surface area contributed by atoms with Gasteiger partial charge in [-0.2, -0.15) is 0 Å². The Balaban J connectivity index is 2.21. The van der Waals surface area contributed by atoms with E-state index in [-0.39, 0.29) is 0 Å². The molecule has 1 saturated heterocycles. The summed E-state index contributed by atoms with van der Waals surface area (Å²) in [6, 6.07) is 0.733. The van der Waals surface area contributed by atoms with Crippen molar-refractivity contribution in [3.63, 3.8) is 0 Å². The van der Waals surface area contributed by atoms with Crippen LogP contribution < -0.4 is 5.32 Å². The number of nitrogens with zero attached hydrogens (tertiary/aromatic N) is 1. The Hall–Kier alpha value is -0.0800. The molecule has 1 aliphatic heterocycles. The highest BCUT2D eigenvalue weighted by atomic mass is 15.2. The first kappa shape index (κ1) is 16.0. The summed E-state index contributed by atoms with van der Waals surface area (Å²) in [5.74, 6) is 1.64. The molecule has 0 bridgehead atoms. The molecule has 0 aliphatic carbocycles. The molecule has 2 nitrogen and oxygen atoms in total. The second-order valence-electron chi connectivity index (χ2n) is 7.58. The summed E-state index contributed by atoms with van der Waals surface area (Å²) in [6.07, 6.45) is 2.66. The van der Waals surface area contributed by atoms with Crippen LogP contribution in [-0.2, 0) is 0 Å². The molecular weight excluding hydrogens is 220 g/mol. The molecule has 0 radical (unpaired) electrons. The minimum atomic E-state index is 0.477. The molecule has 0 spiro atoms. The normalized spacial score (nSPS) is 23.8. The van der Waals surface area contributed by atoms with E-state index in [2.05, 4.69) is 51.8 Å². The van der Waals surface area contributed by atoms with Gasteiger partial charge in [0.25, 0.3) is 0 Å². The van der Waals surface area contributed by atoms with E-state index in [0.29, 0.717) is 5.41 Å². The summed E-state index contributed by atoms with van der Waals surface area (Å²) in [5.41, 5.74) is 0.477. The number of likely N-dealkylation sites (tertiary alicyclic amines) is 1. The minimum absolute atomic E-state index is 0.477. The van der Waals surface area contributed by atoms with E-state index in [1.165, 1.54) is 25.9 Å². The first-order chi connectivity index (χ1) is 8.30. The lowest BCUT2D eigenvalue weighted by Crippen LogP contribution is -2.35. The molecule has 1 rings (SSSR count). The van der Waals surface area contributed by atoms with E-state index in [1.807, 2.05) is 0 Å². The second kappa shape index (κ2) is 6.91. The van der Waals surface area contributed by atoms with Crippen LogP contribution in [0.3, 0.4) is 0 Å². The van der Waals surface area contributed by atoms with Gasteiger partial charge in [0, 0.05) is 12.6 Å². The van der Waals surface area contributed by atoms with E-state index in [9.17, 15) is 0 Å². The lowest BCUT2D eigenvalue weighted by molar-refractivity contribution is 0.196. The smallest absolute Gasteiger partial charge is 0.00791 e. The van der Waals surface area contributed by atoms with Crippen LogP contribution in [0.25, 0.3) is 0 Å². The fourth-order valence-electron chi connectivity index (χ4n) is 2.78. The minimum Gasteiger partial charge on any atom is -0.316 e. The zero-order chi connectivity index (χ0) is 13.8. The molecule has 1 aliphatic rings. The molecule has 18 heavy (non-hydrogen) atoms. The fourth-order valence-corrected chi connectivity index (χ4v) is 2.78. The van der Waals surface area contributed by atoms with Crippen molar-refractivity contribution in [1.82, 2.24) is 10.2 Å². The van der Waals surface area contributed by atoms with Gasteiger partial charge in [-0.25, -0.2) is 0 Å². The Morgan fingerprint density at radius 3 is 2.39 bits per heavy atom. The van der Waals surface area contributed by atoms with Gasteiger partial charge in [0.2, 0.25) is 0 Å². The van der Waals surface area contributed by atoms with Crippen molar-refractivity contribution in [2.24, 2.45) is 17.3 Å². The van der Waals surface area contributed by atoms with Crippen LogP contribution in [-0.4, -0.2) is 37.1 Å². The van der Waals surface area contributed by atoms with Gasteiger partial charge in [-0.3, -0.25) is 0 Å². The first-order valence-electron chi connectivity index (χ1n) is 7.75. The predicted molar refractivity (Wildman–Crippen MR) is 80.9 cm³/mol. The fraction of sp³-hybridized carbons (Fsp3) is 1.00. The SMILES string of the molecule is CC(C)CNCCC(C)N1CCC(C(C)(C)C)C1. The molecule has 0 aromatic carbocycles. The van der Waals surface area contributed by atoms with Crippen molar-refractivity contribution in [1.29, 1.82) is 0 Å². The summed E-state index contributed by atoms with van der Waals surface area (Å²) in [5, 5.41) is 3.55. The van der Waals surface area contributed by atoms with Crippen molar-refractivity contribution in [2.75, 3.05) is 26.2 Å². The van der Waals surface area contributed by atoms with Crippen molar-refractivity contribution >= 4 is 0 Å².